The van der Waals surface area contributed by atoms with Gasteiger partial charge in [0.25, 0.3) is 0 Å². The number of phenolic OH excluding ortho intramolecular Hbond substituents is 1. The Balaban J connectivity index is 2.49. The Morgan fingerprint density at radius 2 is 2.10 bits per heavy atom. The molecule has 4 heteroatoms. The highest BCUT2D eigenvalue weighted by Crippen LogP contribution is 2.14. The van der Waals surface area contributed by atoms with Crippen LogP contribution in [0.2, 0.25) is 0 Å². The van der Waals surface area contributed by atoms with Crippen LogP contribution in [0, 0.1) is 0 Å². The van der Waals surface area contributed by atoms with Crippen LogP contribution in [0.15, 0.2) is 24.3 Å². The first-order valence-corrected chi connectivity index (χ1v) is 7.14. The molecular weight excluding hydrogens is 256 g/mol. The second-order valence-electron chi connectivity index (χ2n) is 4.82. The third kappa shape index (κ3) is 6.06. The van der Waals surface area contributed by atoms with Crippen LogP contribution in [0.25, 0.3) is 0 Å². The number of hydrogen-bond donors (Lipinski definition) is 1. The Labute approximate surface area is 120 Å². The zero-order valence-electron chi connectivity index (χ0n) is 12.3. The molecule has 1 atom stereocenters. The number of phenols is 1. The highest BCUT2D eigenvalue weighted by Gasteiger charge is 2.20. The van der Waals surface area contributed by atoms with Gasteiger partial charge in [0.1, 0.15) is 5.75 Å². The van der Waals surface area contributed by atoms with E-state index in [1.807, 2.05) is 6.07 Å². The van der Waals surface area contributed by atoms with E-state index in [2.05, 4.69) is 6.92 Å². The first-order valence-electron chi connectivity index (χ1n) is 7.14. The predicted octanol–water partition coefficient (Wildman–Crippen LogP) is 3.07. The zero-order valence-corrected chi connectivity index (χ0v) is 12.3. The average molecular weight is 280 g/mol. The van der Waals surface area contributed by atoms with Crippen LogP contribution in [0.3, 0.4) is 0 Å². The summed E-state index contributed by atoms with van der Waals surface area (Å²) < 4.78 is 10.4. The van der Waals surface area contributed by atoms with Crippen molar-refractivity contribution in [2.75, 3.05) is 13.7 Å². The van der Waals surface area contributed by atoms with E-state index in [-0.39, 0.29) is 11.7 Å². The number of rotatable bonds is 9. The van der Waals surface area contributed by atoms with Gasteiger partial charge < -0.3 is 14.6 Å². The molecule has 1 aromatic rings. The topological polar surface area (TPSA) is 55.8 Å². The van der Waals surface area contributed by atoms with Gasteiger partial charge >= 0.3 is 5.97 Å². The van der Waals surface area contributed by atoms with Crippen LogP contribution in [-0.2, 0) is 20.7 Å². The van der Waals surface area contributed by atoms with Crippen LogP contribution in [0.1, 0.15) is 38.2 Å². The van der Waals surface area contributed by atoms with Gasteiger partial charge in [0.15, 0.2) is 6.10 Å². The van der Waals surface area contributed by atoms with E-state index in [1.165, 1.54) is 20.0 Å². The minimum absolute atomic E-state index is 0.189. The van der Waals surface area contributed by atoms with Crippen LogP contribution in [0.4, 0.5) is 0 Å². The number of carbonyl (C=O) groups is 1. The van der Waals surface area contributed by atoms with Gasteiger partial charge in [-0.1, -0.05) is 38.3 Å². The second kappa shape index (κ2) is 9.37. The first kappa shape index (κ1) is 16.5. The van der Waals surface area contributed by atoms with E-state index in [4.69, 9.17) is 9.47 Å². The molecule has 0 aliphatic heterocycles. The molecule has 112 valence electrons. The lowest BCUT2D eigenvalue weighted by Gasteiger charge is -2.16. The maximum Gasteiger partial charge on any atom is 0.335 e. The molecule has 1 N–H and O–H groups in total. The lowest BCUT2D eigenvalue weighted by Crippen LogP contribution is -2.28. The highest BCUT2D eigenvalue weighted by atomic mass is 16.6. The predicted molar refractivity (Wildman–Crippen MR) is 77.7 cm³/mol. The first-order chi connectivity index (χ1) is 9.67. The number of hydrogen-bond acceptors (Lipinski definition) is 4. The summed E-state index contributed by atoms with van der Waals surface area (Å²) in [6, 6.07) is 6.84. The van der Waals surface area contributed by atoms with Crippen molar-refractivity contribution in [3.8, 4) is 5.75 Å². The molecular formula is C16H24O4. The number of aromatic hydroxyl groups is 1. The SMILES string of the molecule is CCCCCCOC(Cc1cccc(O)c1)C(=O)OC. The van der Waals surface area contributed by atoms with Gasteiger partial charge in [0.2, 0.25) is 0 Å². The molecule has 0 saturated carbocycles. The van der Waals surface area contributed by atoms with Gasteiger partial charge in [-0.25, -0.2) is 4.79 Å². The van der Waals surface area contributed by atoms with Crippen LogP contribution < -0.4 is 0 Å². The Hall–Kier alpha value is -1.55. The normalized spacial score (nSPS) is 12.1. The maximum atomic E-state index is 11.7. The number of ether oxygens (including phenoxy) is 2. The molecule has 0 aromatic heterocycles. The fourth-order valence-corrected chi connectivity index (χ4v) is 1.99. The van der Waals surface area contributed by atoms with E-state index in [0.717, 1.165) is 18.4 Å². The third-order valence-electron chi connectivity index (χ3n) is 3.11. The largest absolute Gasteiger partial charge is 0.508 e. The molecule has 0 amide bonds. The Bertz CT molecular complexity index is 403. The molecule has 0 spiro atoms. The smallest absolute Gasteiger partial charge is 0.335 e. The summed E-state index contributed by atoms with van der Waals surface area (Å²) in [5, 5.41) is 9.44. The quantitative estimate of drug-likeness (QED) is 0.558. The van der Waals surface area contributed by atoms with E-state index < -0.39 is 6.10 Å². The summed E-state index contributed by atoms with van der Waals surface area (Å²) in [5.74, 6) is -0.183. The summed E-state index contributed by atoms with van der Waals surface area (Å²) in [5.41, 5.74) is 0.856. The van der Waals surface area contributed by atoms with Crippen LogP contribution in [-0.4, -0.2) is 30.9 Å². The van der Waals surface area contributed by atoms with E-state index in [9.17, 15) is 9.90 Å². The van der Waals surface area contributed by atoms with Crippen molar-refractivity contribution in [3.63, 3.8) is 0 Å². The molecule has 0 saturated heterocycles. The fraction of sp³-hybridized carbons (Fsp3) is 0.562. The van der Waals surface area contributed by atoms with Crippen LogP contribution in [0.5, 0.6) is 5.75 Å². The molecule has 20 heavy (non-hydrogen) atoms. The summed E-state index contributed by atoms with van der Waals surface area (Å²) in [6.07, 6.45) is 4.21. The molecule has 0 aliphatic carbocycles. The molecule has 1 aromatic carbocycles. The van der Waals surface area contributed by atoms with Crippen molar-refractivity contribution in [1.82, 2.24) is 0 Å². The number of unbranched alkanes of at least 4 members (excludes halogenated alkanes) is 3. The molecule has 0 heterocycles. The van der Waals surface area contributed by atoms with E-state index >= 15 is 0 Å². The number of methoxy groups -OCH3 is 1. The van der Waals surface area contributed by atoms with Gasteiger partial charge in [0.05, 0.1) is 7.11 Å². The number of benzene rings is 1. The zero-order chi connectivity index (χ0) is 14.8. The molecule has 1 rings (SSSR count). The van der Waals surface area contributed by atoms with Gasteiger partial charge in [-0.3, -0.25) is 0 Å². The Kier molecular flexibility index (Phi) is 7.73. The van der Waals surface area contributed by atoms with Crippen molar-refractivity contribution in [2.24, 2.45) is 0 Å². The molecule has 1 unspecified atom stereocenters. The highest BCUT2D eigenvalue weighted by molar-refractivity contribution is 5.75. The fourth-order valence-electron chi connectivity index (χ4n) is 1.99. The standard InChI is InChI=1S/C16H24O4/c1-3-4-5-6-10-20-15(16(18)19-2)12-13-8-7-9-14(17)11-13/h7-9,11,15,17H,3-6,10,12H2,1-2H3. The van der Waals surface area contributed by atoms with Gasteiger partial charge in [0, 0.05) is 13.0 Å². The molecule has 0 fully saturated rings. The van der Waals surface area contributed by atoms with Crippen molar-refractivity contribution < 1.29 is 19.4 Å². The molecule has 4 nitrogen and oxygen atoms in total. The number of esters is 1. The molecule has 0 aliphatic rings. The second-order valence-corrected chi connectivity index (χ2v) is 4.82. The lowest BCUT2D eigenvalue weighted by molar-refractivity contribution is -0.154. The molecule has 0 radical (unpaired) electrons. The average Bonchev–Trinajstić information content (AvgIpc) is 2.45. The van der Waals surface area contributed by atoms with Gasteiger partial charge in [-0.05, 0) is 24.1 Å². The maximum absolute atomic E-state index is 11.7. The Morgan fingerprint density at radius 1 is 1.30 bits per heavy atom. The van der Waals surface area contributed by atoms with E-state index in [1.54, 1.807) is 18.2 Å². The van der Waals surface area contributed by atoms with Crippen LogP contribution >= 0.6 is 0 Å². The monoisotopic (exact) mass is 280 g/mol. The lowest BCUT2D eigenvalue weighted by atomic mass is 10.1. The summed E-state index contributed by atoms with van der Waals surface area (Å²) in [7, 11) is 1.36. The Morgan fingerprint density at radius 3 is 2.75 bits per heavy atom. The van der Waals surface area contributed by atoms with E-state index in [0.29, 0.717) is 13.0 Å². The minimum Gasteiger partial charge on any atom is -0.508 e. The van der Waals surface area contributed by atoms with Crippen molar-refractivity contribution in [2.45, 2.75) is 45.1 Å². The summed E-state index contributed by atoms with van der Waals surface area (Å²) in [6.45, 7) is 2.71. The van der Waals surface area contributed by atoms with Gasteiger partial charge in [-0.15, -0.1) is 0 Å². The number of carbonyl (C=O) groups excluding carboxylic acids is 1. The van der Waals surface area contributed by atoms with Crippen molar-refractivity contribution >= 4 is 5.97 Å². The summed E-state index contributed by atoms with van der Waals surface area (Å²) in [4.78, 5) is 11.7. The third-order valence-corrected chi connectivity index (χ3v) is 3.11. The minimum atomic E-state index is -0.608. The molecule has 0 bridgehead atoms. The van der Waals surface area contributed by atoms with Crippen molar-refractivity contribution in [3.05, 3.63) is 29.8 Å². The van der Waals surface area contributed by atoms with Gasteiger partial charge in [-0.2, -0.15) is 0 Å². The summed E-state index contributed by atoms with van der Waals surface area (Å²) >= 11 is 0. The van der Waals surface area contributed by atoms with Crippen molar-refractivity contribution in [1.29, 1.82) is 0 Å².